The summed E-state index contributed by atoms with van der Waals surface area (Å²) in [5.41, 5.74) is 0. The van der Waals surface area contributed by atoms with Crippen molar-refractivity contribution >= 4 is 5.91 Å². The van der Waals surface area contributed by atoms with Crippen LogP contribution in [0.4, 0.5) is 0 Å². The zero-order chi connectivity index (χ0) is 60.7. The SMILES string of the molecule is CC/C=C\C/C=C\C/C=C\C/C=C\C/C=C\C/C=C\C/C=C\C/C=C\C/C=C\CCCCCCCCCC(=O)NC(COC1OC(CO)C(O)C(O)C1O)C(O)/C=C/CCCCCCCCCCCCCCCCCCCCCCCCCC. The highest BCUT2D eigenvalue weighted by atomic mass is 16.7. The highest BCUT2D eigenvalue weighted by molar-refractivity contribution is 5.76. The molecule has 0 spiro atoms. The minimum atomic E-state index is -1.58. The number of hydrogen-bond acceptors (Lipinski definition) is 8. The Balaban J connectivity index is 2.18. The summed E-state index contributed by atoms with van der Waals surface area (Å²) >= 11 is 0. The lowest BCUT2D eigenvalue weighted by Gasteiger charge is -2.40. The molecule has 482 valence electrons. The van der Waals surface area contributed by atoms with Crippen molar-refractivity contribution in [3.63, 3.8) is 0 Å². The summed E-state index contributed by atoms with van der Waals surface area (Å²) in [6.07, 6.45) is 87.1. The maximum Gasteiger partial charge on any atom is 0.220 e. The summed E-state index contributed by atoms with van der Waals surface area (Å²) < 4.78 is 11.3. The fourth-order valence-corrected chi connectivity index (χ4v) is 10.4. The van der Waals surface area contributed by atoms with E-state index in [1.165, 1.54) is 161 Å². The lowest BCUT2D eigenvalue weighted by molar-refractivity contribution is -0.302. The summed E-state index contributed by atoms with van der Waals surface area (Å²) in [5, 5.41) is 54.8. The van der Waals surface area contributed by atoms with Gasteiger partial charge in [-0.15, -0.1) is 0 Å². The van der Waals surface area contributed by atoms with Gasteiger partial charge in [0, 0.05) is 6.42 Å². The van der Waals surface area contributed by atoms with Gasteiger partial charge in [-0.1, -0.05) is 315 Å². The maximum absolute atomic E-state index is 13.1. The fraction of sp³-hybridized carbons (Fsp3) is 0.720. The topological polar surface area (TPSA) is 149 Å². The molecule has 84 heavy (non-hydrogen) atoms. The third-order valence-electron chi connectivity index (χ3n) is 15.8. The number of amides is 1. The normalized spacial score (nSPS) is 19.0. The van der Waals surface area contributed by atoms with Gasteiger partial charge in [-0.3, -0.25) is 4.79 Å². The largest absolute Gasteiger partial charge is 0.394 e. The lowest BCUT2D eigenvalue weighted by Crippen LogP contribution is -2.60. The fourth-order valence-electron chi connectivity index (χ4n) is 10.4. The van der Waals surface area contributed by atoms with E-state index in [-0.39, 0.29) is 12.5 Å². The Morgan fingerprint density at radius 2 is 0.738 bits per heavy atom. The average molecular weight is 1170 g/mol. The first kappa shape index (κ1) is 78.6. The third kappa shape index (κ3) is 50.7. The Hall–Kier alpha value is -3.41. The second-order valence-electron chi connectivity index (χ2n) is 23.6. The van der Waals surface area contributed by atoms with Crippen molar-refractivity contribution in [2.24, 2.45) is 0 Å². The molecule has 0 aromatic heterocycles. The van der Waals surface area contributed by atoms with Gasteiger partial charge in [-0.05, 0) is 89.9 Å². The summed E-state index contributed by atoms with van der Waals surface area (Å²) in [7, 11) is 0. The van der Waals surface area contributed by atoms with Gasteiger partial charge in [0.15, 0.2) is 6.29 Å². The molecular weight excluding hydrogens is 1040 g/mol. The van der Waals surface area contributed by atoms with Crippen molar-refractivity contribution in [2.75, 3.05) is 13.2 Å². The van der Waals surface area contributed by atoms with Crippen LogP contribution in [0.5, 0.6) is 0 Å². The van der Waals surface area contributed by atoms with Crippen LogP contribution in [0.25, 0.3) is 0 Å². The summed E-state index contributed by atoms with van der Waals surface area (Å²) in [6.45, 7) is 3.68. The molecule has 0 aromatic carbocycles. The number of ether oxygens (including phenoxy) is 2. The third-order valence-corrected chi connectivity index (χ3v) is 15.8. The molecule has 1 amide bonds. The van der Waals surface area contributed by atoms with E-state index in [2.05, 4.69) is 129 Å². The smallest absolute Gasteiger partial charge is 0.220 e. The van der Waals surface area contributed by atoms with E-state index in [0.717, 1.165) is 109 Å². The molecule has 9 heteroatoms. The van der Waals surface area contributed by atoms with Crippen LogP contribution in [0.15, 0.2) is 122 Å². The highest BCUT2D eigenvalue weighted by Crippen LogP contribution is 2.23. The number of carbonyl (C=O) groups is 1. The van der Waals surface area contributed by atoms with Crippen molar-refractivity contribution in [1.29, 1.82) is 0 Å². The Labute approximate surface area is 516 Å². The molecule has 9 nitrogen and oxygen atoms in total. The van der Waals surface area contributed by atoms with Crippen LogP contribution < -0.4 is 5.32 Å². The van der Waals surface area contributed by atoms with Crippen LogP contribution in [-0.4, -0.2) is 87.5 Å². The van der Waals surface area contributed by atoms with E-state index in [9.17, 15) is 30.3 Å². The zero-order valence-electron chi connectivity index (χ0n) is 53.9. The molecule has 1 aliphatic rings. The number of allylic oxidation sites excluding steroid dienone is 19. The summed E-state index contributed by atoms with van der Waals surface area (Å²) in [5.74, 6) is -0.190. The molecule has 1 saturated heterocycles. The summed E-state index contributed by atoms with van der Waals surface area (Å²) in [4.78, 5) is 13.1. The van der Waals surface area contributed by atoms with E-state index < -0.39 is 49.5 Å². The molecule has 1 aliphatic heterocycles. The molecule has 0 aliphatic carbocycles. The lowest BCUT2D eigenvalue weighted by atomic mass is 9.99. The van der Waals surface area contributed by atoms with Gasteiger partial charge in [-0.2, -0.15) is 0 Å². The number of aliphatic hydroxyl groups is 5. The van der Waals surface area contributed by atoms with Crippen LogP contribution in [0.2, 0.25) is 0 Å². The van der Waals surface area contributed by atoms with Gasteiger partial charge in [0.05, 0.1) is 25.4 Å². The molecule has 0 radical (unpaired) electrons. The highest BCUT2D eigenvalue weighted by Gasteiger charge is 2.44. The Morgan fingerprint density at radius 3 is 1.10 bits per heavy atom. The first-order chi connectivity index (χ1) is 41.3. The minimum Gasteiger partial charge on any atom is -0.394 e. The number of hydrogen-bond donors (Lipinski definition) is 6. The molecule has 7 atom stereocenters. The predicted molar refractivity (Wildman–Crippen MR) is 359 cm³/mol. The first-order valence-corrected chi connectivity index (χ1v) is 34.8. The monoisotopic (exact) mass is 1170 g/mol. The molecule has 1 heterocycles. The Kier molecular flexibility index (Phi) is 58.6. The molecular formula is C75H129NO8. The quantitative estimate of drug-likeness (QED) is 0.0261. The number of aliphatic hydroxyl groups excluding tert-OH is 5. The van der Waals surface area contributed by atoms with Crippen LogP contribution in [0.1, 0.15) is 290 Å². The van der Waals surface area contributed by atoms with Gasteiger partial charge in [-0.25, -0.2) is 0 Å². The number of unbranched alkanes of at least 4 members (excludes halogenated alkanes) is 31. The van der Waals surface area contributed by atoms with Crippen molar-refractivity contribution in [2.45, 2.75) is 333 Å². The van der Waals surface area contributed by atoms with Crippen LogP contribution in [0, 0.1) is 0 Å². The molecule has 0 bridgehead atoms. The predicted octanol–water partition coefficient (Wildman–Crippen LogP) is 19.0. The summed E-state index contributed by atoms with van der Waals surface area (Å²) in [6, 6.07) is -0.822. The number of carbonyl (C=O) groups excluding carboxylic acids is 1. The van der Waals surface area contributed by atoms with E-state index in [1.807, 2.05) is 6.08 Å². The van der Waals surface area contributed by atoms with E-state index in [0.29, 0.717) is 6.42 Å². The van der Waals surface area contributed by atoms with Crippen LogP contribution in [0.3, 0.4) is 0 Å². The van der Waals surface area contributed by atoms with E-state index >= 15 is 0 Å². The standard InChI is InChI=1S/C75H129NO8/c1-3-5-7-9-11-13-15-17-19-21-23-25-27-29-31-32-33-34-35-36-37-38-39-41-43-45-47-49-51-53-55-57-59-61-63-65-71(79)76-68(67-83-75-74(82)73(81)72(80)70(66-77)84-75)69(78)64-62-60-58-56-54-52-50-48-46-44-42-40-30-28-26-24-22-20-18-16-14-12-10-8-6-4-2/h5,7,11,13,17,19,23,25,29,31,33-34,36-37,39,41,45,47,62,64,68-70,72-75,77-78,80-82H,3-4,6,8-10,12,14-16,18,20-22,24,26-28,30,32,35,38,40,42-44,46,48-61,63,65-67H2,1-2H3,(H,76,79)/b7-5-,13-11-,19-17-,25-23-,31-29-,34-33-,37-36-,41-39-,47-45-,64-62+. The van der Waals surface area contributed by atoms with Crippen molar-refractivity contribution in [1.82, 2.24) is 5.32 Å². The minimum absolute atomic E-state index is 0.190. The van der Waals surface area contributed by atoms with Crippen LogP contribution >= 0.6 is 0 Å². The molecule has 0 saturated carbocycles. The maximum atomic E-state index is 13.1. The Morgan fingerprint density at radius 1 is 0.417 bits per heavy atom. The molecule has 6 N–H and O–H groups in total. The van der Waals surface area contributed by atoms with Crippen molar-refractivity contribution in [3.05, 3.63) is 122 Å². The van der Waals surface area contributed by atoms with Gasteiger partial charge < -0.3 is 40.3 Å². The van der Waals surface area contributed by atoms with Crippen molar-refractivity contribution in [3.8, 4) is 0 Å². The zero-order valence-corrected chi connectivity index (χ0v) is 53.9. The second kappa shape index (κ2) is 62.6. The van der Waals surface area contributed by atoms with Gasteiger partial charge in [0.25, 0.3) is 0 Å². The van der Waals surface area contributed by atoms with E-state index in [1.54, 1.807) is 6.08 Å². The molecule has 0 aromatic rings. The molecule has 1 fully saturated rings. The van der Waals surface area contributed by atoms with E-state index in [4.69, 9.17) is 9.47 Å². The number of rotatable bonds is 59. The average Bonchev–Trinajstić information content (AvgIpc) is 3.70. The van der Waals surface area contributed by atoms with Gasteiger partial charge in [0.1, 0.15) is 24.4 Å². The van der Waals surface area contributed by atoms with Crippen molar-refractivity contribution < 1.29 is 39.8 Å². The number of nitrogens with one attached hydrogen (secondary N) is 1. The van der Waals surface area contributed by atoms with Gasteiger partial charge >= 0.3 is 0 Å². The second-order valence-corrected chi connectivity index (χ2v) is 23.6. The molecule has 1 rings (SSSR count). The van der Waals surface area contributed by atoms with Gasteiger partial charge in [0.2, 0.25) is 5.91 Å². The Bertz CT molecular complexity index is 1740. The first-order valence-electron chi connectivity index (χ1n) is 34.8. The molecule has 7 unspecified atom stereocenters. The van der Waals surface area contributed by atoms with Crippen LogP contribution in [-0.2, 0) is 14.3 Å².